The van der Waals surface area contributed by atoms with E-state index in [0.29, 0.717) is 0 Å². The lowest BCUT2D eigenvalue weighted by Gasteiger charge is -2.51. The number of rotatable bonds is 31. The molecule has 29 N–H and O–H groups in total. The van der Waals surface area contributed by atoms with Crippen molar-refractivity contribution < 1.29 is 227 Å². The molecule has 52 heteroatoms. The molecule has 0 aromatic rings. The Hall–Kier alpha value is -4.78. The first kappa shape index (κ1) is 97.0. The van der Waals surface area contributed by atoms with E-state index in [1.54, 1.807) is 0 Å². The van der Waals surface area contributed by atoms with E-state index in [-0.39, 0.29) is 0 Å². The van der Waals surface area contributed by atoms with Gasteiger partial charge in [0.15, 0.2) is 56.6 Å². The Morgan fingerprint density at radius 1 is 0.220 bits per heavy atom. The number of aliphatic hydroxyl groups is 23. The molecule has 9 saturated heterocycles. The normalized spacial score (nSPS) is 46.9. The molecule has 118 heavy (non-hydrogen) atoms. The monoisotopic (exact) mass is 1720 g/mol. The van der Waals surface area contributed by atoms with E-state index < -0.39 is 371 Å². The second-order valence-corrected chi connectivity index (χ2v) is 29.7. The minimum atomic E-state index is -2.65. The van der Waals surface area contributed by atoms with Gasteiger partial charge in [-0.2, -0.15) is 0 Å². The summed E-state index contributed by atoms with van der Waals surface area (Å²) in [5.74, 6) is -5.29. The molecule has 0 aliphatic carbocycles. The van der Waals surface area contributed by atoms with Gasteiger partial charge in [-0.25, -0.2) is 0 Å². The highest BCUT2D eigenvalue weighted by Gasteiger charge is 2.61. The van der Waals surface area contributed by atoms with Gasteiger partial charge in [0, 0.05) is 41.5 Å². The third kappa shape index (κ3) is 22.1. The Morgan fingerprint density at radius 3 is 0.847 bits per heavy atom. The van der Waals surface area contributed by atoms with Crippen LogP contribution in [0.5, 0.6) is 0 Å². The number of carbonyl (C=O) groups excluding carboxylic acids is 6. The van der Waals surface area contributed by atoms with Crippen LogP contribution in [0, 0.1) is 0 Å². The molecule has 52 nitrogen and oxygen atoms in total. The second-order valence-electron chi connectivity index (χ2n) is 29.7. The summed E-state index contributed by atoms with van der Waals surface area (Å²) in [6, 6.07) is -10.8. The lowest BCUT2D eigenvalue weighted by Crippen LogP contribution is -2.71. The van der Waals surface area contributed by atoms with Crippen LogP contribution in [0.4, 0.5) is 0 Å². The van der Waals surface area contributed by atoms with E-state index in [0.717, 1.165) is 41.5 Å². The molecule has 45 atom stereocenters. The smallest absolute Gasteiger partial charge is 0.217 e. The fourth-order valence-corrected chi connectivity index (χ4v) is 15.2. The van der Waals surface area contributed by atoms with Gasteiger partial charge in [0.05, 0.1) is 59.5 Å². The SMILES string of the molecule is CC(=O)N[C@@H]1[C@H](O[C@@H]2[C@@H](O[C@@H]3[C@H](O)[C@H](O[C@H]4[C@H](O)[C@@H](NC(C)=O)[C@H](O[C@H]5[C@H](O)[C@@H](NC(C)=O)C(O)O[C@@H]5CO)O[C@@H]4CO)O[C@H](CO[C@H]4O[C@H](CO[C@@H]5O[C@H](CO)[C@@H](O)[C@H](O)[C@H]5NC(C)=O)[C@@H](O)[C@H](O)[C@@H]4O[C@@H]4O[C@H](CO)[C@@H](O)[C@H](O)[C@H]4NC(C)=O)[C@H]3O)O[C@H](CO)[C@@H](O[C@@H]3O[C@H](CO)[C@@H](O)[C@H](O)[C@H]3NC(C)=O)[C@@H]2O)O[C@H](CO)[C@@H](O)[C@@H]1O. The largest absolute Gasteiger partial charge is 0.394 e. The first-order valence-electron chi connectivity index (χ1n) is 37.6. The molecule has 9 aliphatic rings. The topological polar surface area (TPSA) is 797 Å². The van der Waals surface area contributed by atoms with Crippen molar-refractivity contribution in [1.29, 1.82) is 0 Å². The molecule has 9 fully saturated rings. The lowest BCUT2D eigenvalue weighted by atomic mass is 9.93. The maximum atomic E-state index is 13.1. The van der Waals surface area contributed by atoms with Crippen molar-refractivity contribution >= 4 is 35.4 Å². The summed E-state index contributed by atoms with van der Waals surface area (Å²) in [5, 5.41) is 274. The first-order chi connectivity index (χ1) is 55.8. The van der Waals surface area contributed by atoms with Gasteiger partial charge in [0.25, 0.3) is 0 Å². The van der Waals surface area contributed by atoms with Crippen LogP contribution in [0.25, 0.3) is 0 Å². The van der Waals surface area contributed by atoms with Gasteiger partial charge in [0.1, 0.15) is 219 Å². The Morgan fingerprint density at radius 2 is 0.466 bits per heavy atom. The number of aliphatic hydroxyl groups excluding tert-OH is 23. The van der Waals surface area contributed by atoms with Crippen molar-refractivity contribution in [2.24, 2.45) is 0 Å². The summed E-state index contributed by atoms with van der Waals surface area (Å²) < 4.78 is 103. The number of ether oxygens (including phenoxy) is 17. The molecule has 1 unspecified atom stereocenters. The van der Waals surface area contributed by atoms with Gasteiger partial charge in [-0.3, -0.25) is 28.8 Å². The van der Waals surface area contributed by atoms with Crippen LogP contribution in [0.1, 0.15) is 41.5 Å². The van der Waals surface area contributed by atoms with Crippen LogP contribution in [-0.2, 0) is 109 Å². The van der Waals surface area contributed by atoms with E-state index >= 15 is 0 Å². The number of carbonyl (C=O) groups is 6. The predicted octanol–water partition coefficient (Wildman–Crippen LogP) is -19.8. The molecule has 0 saturated carbocycles. The van der Waals surface area contributed by atoms with Crippen molar-refractivity contribution in [3.63, 3.8) is 0 Å². The highest BCUT2D eigenvalue weighted by molar-refractivity contribution is 5.75. The number of hydrogen-bond donors (Lipinski definition) is 29. The second kappa shape index (κ2) is 42.7. The summed E-state index contributed by atoms with van der Waals surface area (Å²) in [4.78, 5) is 75.9. The molecular weight excluding hydrogens is 1610 g/mol. The average molecular weight is 1720 g/mol. The predicted molar refractivity (Wildman–Crippen MR) is 367 cm³/mol. The highest BCUT2D eigenvalue weighted by Crippen LogP contribution is 2.40. The molecule has 9 heterocycles. The van der Waals surface area contributed by atoms with Crippen molar-refractivity contribution in [3.8, 4) is 0 Å². The average Bonchev–Trinajstić information content (AvgIpc) is 0.759. The summed E-state index contributed by atoms with van der Waals surface area (Å²) in [7, 11) is 0. The number of nitrogens with one attached hydrogen (secondary N) is 6. The van der Waals surface area contributed by atoms with Crippen LogP contribution in [0.2, 0.25) is 0 Å². The quantitative estimate of drug-likeness (QED) is 0.0306. The molecule has 0 aromatic carbocycles. The zero-order chi connectivity index (χ0) is 87.1. The fourth-order valence-electron chi connectivity index (χ4n) is 15.2. The summed E-state index contributed by atoms with van der Waals surface area (Å²) in [5.41, 5.74) is 0. The number of amides is 6. The van der Waals surface area contributed by atoms with Crippen LogP contribution in [0.15, 0.2) is 0 Å². The van der Waals surface area contributed by atoms with E-state index in [2.05, 4.69) is 31.9 Å². The van der Waals surface area contributed by atoms with Crippen LogP contribution < -0.4 is 31.9 Å². The van der Waals surface area contributed by atoms with E-state index in [9.17, 15) is 146 Å². The summed E-state index contributed by atoms with van der Waals surface area (Å²) in [6.07, 6.45) is -82.3. The van der Waals surface area contributed by atoms with Gasteiger partial charge in [-0.1, -0.05) is 0 Å². The summed E-state index contributed by atoms with van der Waals surface area (Å²) >= 11 is 0. The van der Waals surface area contributed by atoms with Crippen molar-refractivity contribution in [1.82, 2.24) is 31.9 Å². The Labute approximate surface area is 669 Å². The molecule has 0 radical (unpaired) electrons. The van der Waals surface area contributed by atoms with Gasteiger partial charge in [0.2, 0.25) is 35.4 Å². The van der Waals surface area contributed by atoms with Crippen molar-refractivity contribution in [2.75, 3.05) is 59.5 Å². The summed E-state index contributed by atoms with van der Waals surface area (Å²) in [6.45, 7) is -4.10. The minimum absolute atomic E-state index is 0.801. The first-order valence-corrected chi connectivity index (χ1v) is 37.6. The van der Waals surface area contributed by atoms with E-state index in [1.807, 2.05) is 0 Å². The third-order valence-electron chi connectivity index (χ3n) is 21.1. The standard InChI is InChI=1S/C66H110N6O46/c1-16(80)67-31-47(96)52(26(11-77)104-58(31)101)113-63-36(72-21(6)85)48(97)53(27(12-78)109-63)115-64-51(100)55(116-66-57(118-62-35(71-20(5)84)46(95)40(89)25(10-76)108-62)50(99)54(28(13-79)110-66)114-60-33(69-18(3)82)44(93)38(87)23(8-74)106-60)42(91)30(111-64)15-103-65-56(117-61-34(70-19(4)83)45(94)39(88)24(9-75)107-61)49(98)41(90)29(112-65)14-102-59-32(68-17(2)81)43(92)37(86)22(7-73)105-59/h22-66,73-79,86-101H,7-15H2,1-6H3,(H,67,80)(H,68,81)(H,69,82)(H,70,83)(H,71,84)(H,72,85)/t22-,23-,24-,25-,26-,27-,28-,29-,30-,31-,32-,33-,34-,35+,36-,37-,38-,39-,40-,41-,42-,43-,44-,45-,46-,47-,48-,49+,50+,51+,52-,53-,54-,55+,56+,57+,58?,59-,60+,61+,62+,63+,64+,65+,66-/m1/s1. The van der Waals surface area contributed by atoms with Crippen molar-refractivity contribution in [3.05, 3.63) is 0 Å². The molecule has 0 aromatic heterocycles. The highest BCUT2D eigenvalue weighted by atomic mass is 16.8. The van der Waals surface area contributed by atoms with Crippen LogP contribution in [-0.4, -0.2) is 488 Å². The minimum Gasteiger partial charge on any atom is -0.394 e. The molecule has 0 bridgehead atoms. The van der Waals surface area contributed by atoms with Crippen LogP contribution >= 0.6 is 0 Å². The maximum absolute atomic E-state index is 13.1. The zero-order valence-corrected chi connectivity index (χ0v) is 64.0. The van der Waals surface area contributed by atoms with Gasteiger partial charge in [-0.05, 0) is 0 Å². The zero-order valence-electron chi connectivity index (χ0n) is 64.0. The van der Waals surface area contributed by atoms with Gasteiger partial charge < -0.3 is 230 Å². The number of hydrogen-bond acceptors (Lipinski definition) is 46. The third-order valence-corrected chi connectivity index (χ3v) is 21.1. The maximum Gasteiger partial charge on any atom is 0.217 e. The molecule has 0 spiro atoms. The molecular formula is C66H110N6O46. The Balaban J connectivity index is 1.13. The molecule has 9 aliphatic heterocycles. The molecule has 9 rings (SSSR count). The van der Waals surface area contributed by atoms with E-state index in [1.165, 1.54) is 0 Å². The Kier molecular flexibility index (Phi) is 35.1. The lowest BCUT2D eigenvalue weighted by molar-refractivity contribution is -0.403. The van der Waals surface area contributed by atoms with E-state index in [4.69, 9.17) is 80.5 Å². The van der Waals surface area contributed by atoms with Gasteiger partial charge in [-0.15, -0.1) is 0 Å². The van der Waals surface area contributed by atoms with Crippen molar-refractivity contribution in [2.45, 2.75) is 318 Å². The van der Waals surface area contributed by atoms with Crippen LogP contribution in [0.3, 0.4) is 0 Å². The molecule has 680 valence electrons. The Bertz CT molecular complexity index is 3230. The molecule has 6 amide bonds. The van der Waals surface area contributed by atoms with Gasteiger partial charge >= 0.3 is 0 Å². The fraction of sp³-hybridized carbons (Fsp3) is 0.909.